The van der Waals surface area contributed by atoms with E-state index < -0.39 is 5.82 Å². The summed E-state index contributed by atoms with van der Waals surface area (Å²) in [5.41, 5.74) is 6.27. The number of benzene rings is 1. The Morgan fingerprint density at radius 3 is 2.85 bits per heavy atom. The predicted molar refractivity (Wildman–Crippen MR) is 124 cm³/mol. The second-order valence-corrected chi connectivity index (χ2v) is 7.90. The molecule has 0 unspecified atom stereocenters. The maximum absolute atomic E-state index is 14.1. The summed E-state index contributed by atoms with van der Waals surface area (Å²) in [5.74, 6) is 0.610. The molecule has 1 aromatic carbocycles. The molecule has 5 aromatic rings. The maximum Gasteiger partial charge on any atom is 0.159 e. The fourth-order valence-electron chi connectivity index (χ4n) is 4.22. The lowest BCUT2D eigenvalue weighted by atomic mass is 10.0. The topological polar surface area (TPSA) is 104 Å². The highest BCUT2D eigenvalue weighted by molar-refractivity contribution is 5.96. The number of fused-ring (bicyclic) bond motifs is 2. The standard InChI is InChI=1S/C24H20FN7O/c1-33-17-9-14(8-16(25)11-17)20-22-19(4-7-27-20)29-24(30-22)21-18-10-15(12-28-23(18)32-31-21)13-2-5-26-6-3-13/h2,4,7-12,26H,3,5-6H2,1H3,(H,29,30)(H,28,31,32). The van der Waals surface area contributed by atoms with Gasteiger partial charge in [-0.05, 0) is 48.4 Å². The molecule has 0 saturated carbocycles. The van der Waals surface area contributed by atoms with Crippen LogP contribution in [0.1, 0.15) is 12.0 Å². The zero-order chi connectivity index (χ0) is 22.4. The number of rotatable bonds is 4. The summed E-state index contributed by atoms with van der Waals surface area (Å²) in [4.78, 5) is 17.2. The van der Waals surface area contributed by atoms with Crippen molar-refractivity contribution in [1.29, 1.82) is 0 Å². The molecule has 0 radical (unpaired) electrons. The molecule has 0 atom stereocenters. The van der Waals surface area contributed by atoms with Gasteiger partial charge in [0.25, 0.3) is 0 Å². The van der Waals surface area contributed by atoms with E-state index in [-0.39, 0.29) is 0 Å². The molecule has 0 bridgehead atoms. The predicted octanol–water partition coefficient (Wildman–Crippen LogP) is 4.09. The number of aromatic nitrogens is 6. The average molecular weight is 441 g/mol. The van der Waals surface area contributed by atoms with Gasteiger partial charge in [-0.25, -0.2) is 14.4 Å². The van der Waals surface area contributed by atoms with Crippen LogP contribution in [0.25, 0.3) is 50.4 Å². The van der Waals surface area contributed by atoms with Gasteiger partial charge in [-0.1, -0.05) is 6.08 Å². The van der Waals surface area contributed by atoms with Crippen LogP contribution in [-0.4, -0.2) is 50.3 Å². The summed E-state index contributed by atoms with van der Waals surface area (Å²) in [6, 6.07) is 8.43. The fraction of sp³-hybridized carbons (Fsp3) is 0.167. The summed E-state index contributed by atoms with van der Waals surface area (Å²) in [6.07, 6.45) is 6.69. The second-order valence-electron chi connectivity index (χ2n) is 7.90. The fourth-order valence-corrected chi connectivity index (χ4v) is 4.22. The second kappa shape index (κ2) is 7.79. The van der Waals surface area contributed by atoms with E-state index in [1.807, 2.05) is 12.3 Å². The summed E-state index contributed by atoms with van der Waals surface area (Å²) in [5, 5.41) is 11.7. The molecular weight excluding hydrogens is 421 g/mol. The zero-order valence-electron chi connectivity index (χ0n) is 17.8. The molecule has 6 rings (SSSR count). The average Bonchev–Trinajstić information content (AvgIpc) is 3.47. The lowest BCUT2D eigenvalue weighted by Gasteiger charge is -2.13. The molecule has 164 valence electrons. The van der Waals surface area contributed by atoms with E-state index in [9.17, 15) is 4.39 Å². The minimum absolute atomic E-state index is 0.400. The van der Waals surface area contributed by atoms with Crippen LogP contribution in [0.3, 0.4) is 0 Å². The number of aromatic amines is 2. The summed E-state index contributed by atoms with van der Waals surface area (Å²) in [6.45, 7) is 1.81. The third-order valence-corrected chi connectivity index (χ3v) is 5.86. The lowest BCUT2D eigenvalue weighted by molar-refractivity contribution is 0.411. The van der Waals surface area contributed by atoms with Crippen molar-refractivity contribution in [3.8, 4) is 28.5 Å². The monoisotopic (exact) mass is 441 g/mol. The molecule has 5 heterocycles. The molecule has 9 heteroatoms. The lowest BCUT2D eigenvalue weighted by Crippen LogP contribution is -2.20. The van der Waals surface area contributed by atoms with Crippen LogP contribution in [-0.2, 0) is 0 Å². The Balaban J connectivity index is 1.48. The molecule has 4 aromatic heterocycles. The number of nitrogens with zero attached hydrogens (tertiary/aromatic N) is 4. The number of halogens is 1. The van der Waals surface area contributed by atoms with E-state index in [0.29, 0.717) is 39.7 Å². The van der Waals surface area contributed by atoms with Gasteiger partial charge in [0.2, 0.25) is 0 Å². The van der Waals surface area contributed by atoms with Gasteiger partial charge < -0.3 is 15.0 Å². The molecule has 1 aliphatic rings. The Hall–Kier alpha value is -4.11. The minimum atomic E-state index is -0.400. The highest BCUT2D eigenvalue weighted by Crippen LogP contribution is 2.32. The van der Waals surface area contributed by atoms with Crippen molar-refractivity contribution in [2.75, 3.05) is 20.2 Å². The molecule has 3 N–H and O–H groups in total. The van der Waals surface area contributed by atoms with Crippen molar-refractivity contribution in [3.05, 3.63) is 60.2 Å². The SMILES string of the molecule is COc1cc(F)cc(-c2nccc3[nH]c(-c4n[nH]c5ncc(C6=CCNCC6)cc45)nc23)c1. The third-order valence-electron chi connectivity index (χ3n) is 5.86. The molecule has 8 nitrogen and oxygen atoms in total. The van der Waals surface area contributed by atoms with Crippen LogP contribution >= 0.6 is 0 Å². The van der Waals surface area contributed by atoms with Gasteiger partial charge in [-0.2, -0.15) is 5.10 Å². The zero-order valence-corrected chi connectivity index (χ0v) is 17.8. The number of methoxy groups -OCH3 is 1. The summed E-state index contributed by atoms with van der Waals surface area (Å²) >= 11 is 0. The van der Waals surface area contributed by atoms with E-state index in [4.69, 9.17) is 9.72 Å². The Kier molecular flexibility index (Phi) is 4.62. The van der Waals surface area contributed by atoms with Gasteiger partial charge in [0, 0.05) is 30.6 Å². The van der Waals surface area contributed by atoms with E-state index in [1.165, 1.54) is 24.8 Å². The van der Waals surface area contributed by atoms with E-state index in [2.05, 4.69) is 42.6 Å². The van der Waals surface area contributed by atoms with Crippen molar-refractivity contribution < 1.29 is 9.13 Å². The van der Waals surface area contributed by atoms with Gasteiger partial charge in [-0.3, -0.25) is 10.1 Å². The number of H-pyrrole nitrogens is 2. The number of imidazole rings is 1. The molecule has 0 fully saturated rings. The quantitative estimate of drug-likeness (QED) is 0.388. The Labute approximate surface area is 187 Å². The molecule has 33 heavy (non-hydrogen) atoms. The number of hydrogen-bond donors (Lipinski definition) is 3. The van der Waals surface area contributed by atoms with Crippen LogP contribution in [0.5, 0.6) is 5.75 Å². The van der Waals surface area contributed by atoms with Crippen molar-refractivity contribution in [2.45, 2.75) is 6.42 Å². The number of nitrogens with one attached hydrogen (secondary N) is 3. The molecule has 0 spiro atoms. The minimum Gasteiger partial charge on any atom is -0.497 e. The summed E-state index contributed by atoms with van der Waals surface area (Å²) in [7, 11) is 1.50. The summed E-state index contributed by atoms with van der Waals surface area (Å²) < 4.78 is 19.3. The van der Waals surface area contributed by atoms with Crippen molar-refractivity contribution in [3.63, 3.8) is 0 Å². The smallest absolute Gasteiger partial charge is 0.159 e. The van der Waals surface area contributed by atoms with Crippen molar-refractivity contribution >= 4 is 27.6 Å². The van der Waals surface area contributed by atoms with Crippen molar-refractivity contribution in [1.82, 2.24) is 35.5 Å². The number of hydrogen-bond acceptors (Lipinski definition) is 6. The van der Waals surface area contributed by atoms with Crippen LogP contribution in [0.4, 0.5) is 4.39 Å². The number of pyridine rings is 2. The highest BCUT2D eigenvalue weighted by atomic mass is 19.1. The van der Waals surface area contributed by atoms with Gasteiger partial charge in [0.1, 0.15) is 22.8 Å². The molecule has 0 aliphatic carbocycles. The van der Waals surface area contributed by atoms with Gasteiger partial charge in [0.05, 0.1) is 23.7 Å². The first-order valence-electron chi connectivity index (χ1n) is 10.6. The first-order valence-corrected chi connectivity index (χ1v) is 10.6. The Morgan fingerprint density at radius 2 is 2.00 bits per heavy atom. The third kappa shape index (κ3) is 3.42. The van der Waals surface area contributed by atoms with Crippen LogP contribution in [0, 0.1) is 5.82 Å². The van der Waals surface area contributed by atoms with E-state index in [0.717, 1.165) is 36.0 Å². The van der Waals surface area contributed by atoms with E-state index in [1.54, 1.807) is 12.3 Å². The molecule has 1 aliphatic heterocycles. The first kappa shape index (κ1) is 19.6. The van der Waals surface area contributed by atoms with E-state index >= 15 is 0 Å². The molecule has 0 saturated heterocycles. The van der Waals surface area contributed by atoms with Crippen molar-refractivity contribution in [2.24, 2.45) is 0 Å². The highest BCUT2D eigenvalue weighted by Gasteiger charge is 2.18. The number of ether oxygens (including phenoxy) is 1. The first-order chi connectivity index (χ1) is 16.2. The maximum atomic E-state index is 14.1. The van der Waals surface area contributed by atoms with Gasteiger partial charge >= 0.3 is 0 Å². The van der Waals surface area contributed by atoms with Gasteiger partial charge in [-0.15, -0.1) is 0 Å². The van der Waals surface area contributed by atoms with Crippen LogP contribution in [0.2, 0.25) is 0 Å². The van der Waals surface area contributed by atoms with Gasteiger partial charge in [0.15, 0.2) is 11.5 Å². The Bertz CT molecular complexity index is 1530. The Morgan fingerprint density at radius 1 is 1.06 bits per heavy atom. The largest absolute Gasteiger partial charge is 0.497 e. The molecule has 0 amide bonds. The van der Waals surface area contributed by atoms with Crippen LogP contribution < -0.4 is 10.1 Å². The van der Waals surface area contributed by atoms with Crippen LogP contribution in [0.15, 0.2) is 48.8 Å². The normalized spacial score (nSPS) is 14.1. The molecular formula is C24H20FN7O.